The van der Waals surface area contributed by atoms with Gasteiger partial charge >= 0.3 is 0 Å². The van der Waals surface area contributed by atoms with Crippen LogP contribution in [0.2, 0.25) is 0 Å². The maximum atomic E-state index is 5.58. The molecular formula is C18H21NO3. The minimum Gasteiger partial charge on any atom is -0.497 e. The molecular weight excluding hydrogens is 278 g/mol. The van der Waals surface area contributed by atoms with Crippen LogP contribution < -0.4 is 19.5 Å². The third kappa shape index (κ3) is 2.50. The molecule has 0 saturated carbocycles. The third-order valence-corrected chi connectivity index (χ3v) is 4.17. The predicted octanol–water partition coefficient (Wildman–Crippen LogP) is 2.95. The molecule has 1 atom stereocenters. The van der Waals surface area contributed by atoms with Crippen LogP contribution in [0.1, 0.15) is 22.7 Å². The summed E-state index contributed by atoms with van der Waals surface area (Å²) in [5.74, 6) is 2.50. The first kappa shape index (κ1) is 14.7. The summed E-state index contributed by atoms with van der Waals surface area (Å²) in [5, 5.41) is 3.58. The Kier molecular flexibility index (Phi) is 4.20. The Balaban J connectivity index is 2.03. The summed E-state index contributed by atoms with van der Waals surface area (Å²) < 4.78 is 16.2. The highest BCUT2D eigenvalue weighted by atomic mass is 16.5. The zero-order chi connectivity index (χ0) is 15.5. The second kappa shape index (κ2) is 6.28. The molecule has 0 spiro atoms. The van der Waals surface area contributed by atoms with Gasteiger partial charge in [0, 0.05) is 12.1 Å². The maximum Gasteiger partial charge on any atom is 0.164 e. The fourth-order valence-electron chi connectivity index (χ4n) is 3.08. The number of fused-ring (bicyclic) bond motifs is 1. The average Bonchev–Trinajstić information content (AvgIpc) is 2.60. The summed E-state index contributed by atoms with van der Waals surface area (Å²) >= 11 is 0. The Morgan fingerprint density at radius 3 is 2.32 bits per heavy atom. The Hall–Kier alpha value is -2.20. The van der Waals surface area contributed by atoms with Crippen LogP contribution in [0.15, 0.2) is 36.4 Å². The molecule has 1 heterocycles. The number of hydrogen-bond donors (Lipinski definition) is 1. The molecule has 1 aliphatic rings. The first-order valence-electron chi connectivity index (χ1n) is 7.39. The van der Waals surface area contributed by atoms with Crippen molar-refractivity contribution >= 4 is 0 Å². The minimum absolute atomic E-state index is 0.162. The van der Waals surface area contributed by atoms with Crippen molar-refractivity contribution in [2.24, 2.45) is 0 Å². The molecule has 4 nitrogen and oxygen atoms in total. The molecule has 0 bridgehead atoms. The SMILES string of the molecule is COc1ccc(C2NCCc3c2ccc(OC)c3OC)cc1. The van der Waals surface area contributed by atoms with Gasteiger partial charge in [0.2, 0.25) is 0 Å². The Bertz CT molecular complexity index is 652. The van der Waals surface area contributed by atoms with Gasteiger partial charge in [-0.1, -0.05) is 18.2 Å². The lowest BCUT2D eigenvalue weighted by Gasteiger charge is -2.29. The van der Waals surface area contributed by atoms with Crippen molar-refractivity contribution in [3.8, 4) is 17.2 Å². The summed E-state index contributed by atoms with van der Waals surface area (Å²) in [5.41, 5.74) is 3.68. The summed E-state index contributed by atoms with van der Waals surface area (Å²) in [6.45, 7) is 0.910. The summed E-state index contributed by atoms with van der Waals surface area (Å²) in [4.78, 5) is 0. The third-order valence-electron chi connectivity index (χ3n) is 4.17. The largest absolute Gasteiger partial charge is 0.497 e. The van der Waals surface area contributed by atoms with E-state index in [2.05, 4.69) is 23.5 Å². The van der Waals surface area contributed by atoms with Crippen LogP contribution in [0, 0.1) is 0 Å². The monoisotopic (exact) mass is 299 g/mol. The van der Waals surface area contributed by atoms with E-state index >= 15 is 0 Å². The van der Waals surface area contributed by atoms with Gasteiger partial charge in [-0.15, -0.1) is 0 Å². The predicted molar refractivity (Wildman–Crippen MR) is 86.1 cm³/mol. The molecule has 1 unspecified atom stereocenters. The van der Waals surface area contributed by atoms with Gasteiger partial charge in [-0.05, 0) is 35.7 Å². The molecule has 2 aromatic carbocycles. The van der Waals surface area contributed by atoms with Gasteiger partial charge in [0.25, 0.3) is 0 Å². The Labute approximate surface area is 131 Å². The second-order valence-corrected chi connectivity index (χ2v) is 5.28. The smallest absolute Gasteiger partial charge is 0.164 e. The van der Waals surface area contributed by atoms with Gasteiger partial charge < -0.3 is 19.5 Å². The highest BCUT2D eigenvalue weighted by molar-refractivity contribution is 5.54. The summed E-state index contributed by atoms with van der Waals surface area (Å²) in [6.07, 6.45) is 0.933. The topological polar surface area (TPSA) is 39.7 Å². The van der Waals surface area contributed by atoms with E-state index in [1.54, 1.807) is 21.3 Å². The van der Waals surface area contributed by atoms with E-state index in [0.29, 0.717) is 0 Å². The van der Waals surface area contributed by atoms with E-state index in [1.807, 2.05) is 18.2 Å². The van der Waals surface area contributed by atoms with Crippen LogP contribution in [-0.4, -0.2) is 27.9 Å². The van der Waals surface area contributed by atoms with E-state index in [-0.39, 0.29) is 6.04 Å². The zero-order valence-corrected chi connectivity index (χ0v) is 13.2. The van der Waals surface area contributed by atoms with E-state index in [4.69, 9.17) is 14.2 Å². The van der Waals surface area contributed by atoms with E-state index in [0.717, 1.165) is 30.2 Å². The van der Waals surface area contributed by atoms with Gasteiger partial charge in [-0.2, -0.15) is 0 Å². The maximum absolute atomic E-state index is 5.58. The number of hydrogen-bond acceptors (Lipinski definition) is 4. The molecule has 1 N–H and O–H groups in total. The molecule has 0 aliphatic carbocycles. The number of ether oxygens (including phenoxy) is 3. The lowest BCUT2D eigenvalue weighted by Crippen LogP contribution is -2.30. The van der Waals surface area contributed by atoms with Gasteiger partial charge in [-0.3, -0.25) is 0 Å². The van der Waals surface area contributed by atoms with Crippen molar-refractivity contribution < 1.29 is 14.2 Å². The van der Waals surface area contributed by atoms with Crippen LogP contribution in [0.5, 0.6) is 17.2 Å². The van der Waals surface area contributed by atoms with Crippen LogP contribution in [0.25, 0.3) is 0 Å². The van der Waals surface area contributed by atoms with Crippen LogP contribution in [-0.2, 0) is 6.42 Å². The lowest BCUT2D eigenvalue weighted by molar-refractivity contribution is 0.348. The first-order valence-corrected chi connectivity index (χ1v) is 7.39. The van der Waals surface area contributed by atoms with Crippen molar-refractivity contribution in [3.63, 3.8) is 0 Å². The number of methoxy groups -OCH3 is 3. The van der Waals surface area contributed by atoms with Crippen LogP contribution in [0.4, 0.5) is 0 Å². The number of nitrogens with one attached hydrogen (secondary N) is 1. The second-order valence-electron chi connectivity index (χ2n) is 5.28. The molecule has 0 fully saturated rings. The Morgan fingerprint density at radius 1 is 0.909 bits per heavy atom. The van der Waals surface area contributed by atoms with E-state index in [9.17, 15) is 0 Å². The Morgan fingerprint density at radius 2 is 1.68 bits per heavy atom. The van der Waals surface area contributed by atoms with Crippen LogP contribution in [0.3, 0.4) is 0 Å². The fraction of sp³-hybridized carbons (Fsp3) is 0.333. The molecule has 0 amide bonds. The quantitative estimate of drug-likeness (QED) is 0.942. The lowest BCUT2D eigenvalue weighted by atomic mass is 9.89. The first-order chi connectivity index (χ1) is 10.8. The highest BCUT2D eigenvalue weighted by Gasteiger charge is 2.25. The standard InChI is InChI=1S/C18H21NO3/c1-20-13-6-4-12(5-7-13)17-14-8-9-16(21-2)18(22-3)15(14)10-11-19-17/h4-9,17,19H,10-11H2,1-3H3. The fourth-order valence-corrected chi connectivity index (χ4v) is 3.08. The molecule has 2 aromatic rings. The minimum atomic E-state index is 0.162. The summed E-state index contributed by atoms with van der Waals surface area (Å²) in [7, 11) is 5.05. The number of rotatable bonds is 4. The molecule has 4 heteroatoms. The normalized spacial score (nSPS) is 16.8. The van der Waals surface area contributed by atoms with Gasteiger partial charge in [0.1, 0.15) is 5.75 Å². The molecule has 0 radical (unpaired) electrons. The zero-order valence-electron chi connectivity index (χ0n) is 13.2. The molecule has 22 heavy (non-hydrogen) atoms. The average molecular weight is 299 g/mol. The van der Waals surface area contributed by atoms with Crippen molar-refractivity contribution in [3.05, 3.63) is 53.1 Å². The van der Waals surface area contributed by atoms with Crippen molar-refractivity contribution in [1.82, 2.24) is 5.32 Å². The molecule has 0 aromatic heterocycles. The van der Waals surface area contributed by atoms with Crippen molar-refractivity contribution in [2.45, 2.75) is 12.5 Å². The molecule has 1 aliphatic heterocycles. The number of benzene rings is 2. The van der Waals surface area contributed by atoms with Crippen molar-refractivity contribution in [2.75, 3.05) is 27.9 Å². The highest BCUT2D eigenvalue weighted by Crippen LogP contribution is 2.39. The van der Waals surface area contributed by atoms with E-state index < -0.39 is 0 Å². The molecule has 3 rings (SSSR count). The molecule has 0 saturated heterocycles. The van der Waals surface area contributed by atoms with Gasteiger partial charge in [-0.25, -0.2) is 0 Å². The van der Waals surface area contributed by atoms with Gasteiger partial charge in [0.15, 0.2) is 11.5 Å². The molecule has 116 valence electrons. The summed E-state index contributed by atoms with van der Waals surface area (Å²) in [6, 6.07) is 12.4. The van der Waals surface area contributed by atoms with Crippen LogP contribution >= 0.6 is 0 Å². The van der Waals surface area contributed by atoms with Crippen molar-refractivity contribution in [1.29, 1.82) is 0 Å². The van der Waals surface area contributed by atoms with Gasteiger partial charge in [0.05, 0.1) is 27.4 Å². The van der Waals surface area contributed by atoms with E-state index in [1.165, 1.54) is 16.7 Å².